The Kier molecular flexibility index (Phi) is 71.8. The lowest BCUT2D eigenvalue weighted by atomic mass is 10.0. The molecule has 6 heteroatoms. The molecular formula is C77H151NO5. The summed E-state index contributed by atoms with van der Waals surface area (Å²) in [5.74, 6) is -0.0324. The van der Waals surface area contributed by atoms with Gasteiger partial charge in [-0.1, -0.05) is 411 Å². The number of amides is 1. The van der Waals surface area contributed by atoms with Gasteiger partial charge in [0.2, 0.25) is 5.91 Å². The Bertz CT molecular complexity index is 1260. The number of unbranched alkanes of at least 4 members (excludes halogenated alkanes) is 62. The maximum atomic E-state index is 12.5. The van der Waals surface area contributed by atoms with Crippen LogP contribution < -0.4 is 5.32 Å². The van der Waals surface area contributed by atoms with Gasteiger partial charge >= 0.3 is 5.97 Å². The first-order valence-corrected chi connectivity index (χ1v) is 38.5. The van der Waals surface area contributed by atoms with E-state index in [9.17, 15) is 19.8 Å². The van der Waals surface area contributed by atoms with Crippen molar-refractivity contribution >= 4 is 11.9 Å². The highest BCUT2D eigenvalue weighted by Crippen LogP contribution is 2.20. The highest BCUT2D eigenvalue weighted by molar-refractivity contribution is 5.76. The number of ether oxygens (including phenoxy) is 1. The number of hydrogen-bond acceptors (Lipinski definition) is 5. The number of esters is 1. The molecule has 0 saturated carbocycles. The van der Waals surface area contributed by atoms with Gasteiger partial charge in [-0.2, -0.15) is 0 Å². The largest absolute Gasteiger partial charge is 0.466 e. The van der Waals surface area contributed by atoms with Gasteiger partial charge in [0.25, 0.3) is 0 Å². The summed E-state index contributed by atoms with van der Waals surface area (Å²) in [4.78, 5) is 24.5. The Morgan fingerprint density at radius 3 is 0.819 bits per heavy atom. The summed E-state index contributed by atoms with van der Waals surface area (Å²) < 4.78 is 5.50. The summed E-state index contributed by atoms with van der Waals surface area (Å²) in [6.07, 6.45) is 92.0. The third-order valence-corrected chi connectivity index (χ3v) is 18.3. The van der Waals surface area contributed by atoms with Gasteiger partial charge in [-0.15, -0.1) is 0 Å². The number of allylic oxidation sites excluding steroid dienone is 1. The van der Waals surface area contributed by atoms with E-state index in [1.807, 2.05) is 6.08 Å². The van der Waals surface area contributed by atoms with Crippen molar-refractivity contribution in [3.63, 3.8) is 0 Å². The fraction of sp³-hybridized carbons (Fsp3) is 0.948. The van der Waals surface area contributed by atoms with Crippen LogP contribution in [0.3, 0.4) is 0 Å². The van der Waals surface area contributed by atoms with E-state index in [1.165, 1.54) is 379 Å². The molecular weight excluding hydrogens is 1020 g/mol. The molecule has 0 aliphatic heterocycles. The minimum Gasteiger partial charge on any atom is -0.466 e. The van der Waals surface area contributed by atoms with Crippen molar-refractivity contribution in [3.8, 4) is 0 Å². The van der Waals surface area contributed by atoms with E-state index in [-0.39, 0.29) is 18.5 Å². The molecule has 0 aliphatic rings. The number of aliphatic hydroxyl groups is 2. The molecule has 494 valence electrons. The highest BCUT2D eigenvalue weighted by atomic mass is 16.5. The Labute approximate surface area is 520 Å². The first-order chi connectivity index (χ1) is 41.0. The lowest BCUT2D eigenvalue weighted by molar-refractivity contribution is -0.143. The molecule has 0 aromatic heterocycles. The van der Waals surface area contributed by atoms with Gasteiger partial charge < -0.3 is 20.3 Å². The zero-order valence-corrected chi connectivity index (χ0v) is 56.7. The molecule has 0 bridgehead atoms. The van der Waals surface area contributed by atoms with Crippen LogP contribution in [0, 0.1) is 0 Å². The van der Waals surface area contributed by atoms with Crippen LogP contribution in [-0.2, 0) is 14.3 Å². The molecule has 0 radical (unpaired) electrons. The van der Waals surface area contributed by atoms with Crippen molar-refractivity contribution in [1.82, 2.24) is 5.32 Å². The van der Waals surface area contributed by atoms with Gasteiger partial charge in [-0.3, -0.25) is 9.59 Å². The maximum Gasteiger partial charge on any atom is 0.305 e. The monoisotopic (exact) mass is 1170 g/mol. The third-order valence-electron chi connectivity index (χ3n) is 18.3. The van der Waals surface area contributed by atoms with E-state index < -0.39 is 12.1 Å². The Morgan fingerprint density at radius 1 is 0.325 bits per heavy atom. The third kappa shape index (κ3) is 69.6. The first-order valence-electron chi connectivity index (χ1n) is 38.5. The first kappa shape index (κ1) is 81.6. The average Bonchev–Trinajstić information content (AvgIpc) is 3.49. The van der Waals surface area contributed by atoms with Crippen LogP contribution in [-0.4, -0.2) is 47.4 Å². The van der Waals surface area contributed by atoms with Gasteiger partial charge in [0.15, 0.2) is 0 Å². The fourth-order valence-electron chi connectivity index (χ4n) is 12.5. The average molecular weight is 1170 g/mol. The molecule has 2 atom stereocenters. The number of carbonyl (C=O) groups excluding carboxylic acids is 2. The van der Waals surface area contributed by atoms with Crippen molar-refractivity contribution in [2.24, 2.45) is 0 Å². The standard InChI is InChI=1S/C77H151NO5/c1-3-5-7-9-11-13-15-17-47-51-55-59-63-67-71-77(82)83-72-68-64-60-56-52-48-44-42-40-38-36-34-32-30-28-26-24-22-20-18-19-21-23-25-27-29-31-33-35-37-39-41-43-46-50-54-58-62-66-70-76(81)78-74(73-79)75(80)69-65-61-57-53-49-45-16-14-12-10-8-6-4-2/h65,69,74-75,79-80H,3-64,66-68,70-73H2,1-2H3,(H,78,81)/b69-65+. The molecule has 0 heterocycles. The second-order valence-electron chi connectivity index (χ2n) is 26.7. The summed E-state index contributed by atoms with van der Waals surface area (Å²) in [5, 5.41) is 23.1. The van der Waals surface area contributed by atoms with Gasteiger partial charge in [-0.05, 0) is 32.1 Å². The number of rotatable bonds is 73. The molecule has 0 aliphatic carbocycles. The van der Waals surface area contributed by atoms with Crippen molar-refractivity contribution in [2.75, 3.05) is 13.2 Å². The smallest absolute Gasteiger partial charge is 0.305 e. The fourth-order valence-corrected chi connectivity index (χ4v) is 12.5. The number of nitrogens with one attached hydrogen (secondary N) is 1. The Balaban J connectivity index is 3.28. The Morgan fingerprint density at radius 2 is 0.554 bits per heavy atom. The second-order valence-corrected chi connectivity index (χ2v) is 26.7. The molecule has 0 rings (SSSR count). The van der Waals surface area contributed by atoms with Gasteiger partial charge in [-0.25, -0.2) is 0 Å². The lowest BCUT2D eigenvalue weighted by Crippen LogP contribution is -2.45. The van der Waals surface area contributed by atoms with E-state index in [4.69, 9.17) is 4.74 Å². The van der Waals surface area contributed by atoms with Crippen LogP contribution in [0.15, 0.2) is 12.2 Å². The summed E-state index contributed by atoms with van der Waals surface area (Å²) in [6, 6.07) is -0.621. The van der Waals surface area contributed by atoms with Crippen molar-refractivity contribution in [1.29, 1.82) is 0 Å². The second kappa shape index (κ2) is 73.1. The minimum absolute atomic E-state index is 0.0271. The van der Waals surface area contributed by atoms with E-state index >= 15 is 0 Å². The number of aliphatic hydroxyl groups excluding tert-OH is 2. The van der Waals surface area contributed by atoms with Crippen LogP contribution in [0.2, 0.25) is 0 Å². The van der Waals surface area contributed by atoms with Crippen LogP contribution >= 0.6 is 0 Å². The molecule has 83 heavy (non-hydrogen) atoms. The van der Waals surface area contributed by atoms with E-state index in [0.717, 1.165) is 38.5 Å². The normalized spacial score (nSPS) is 12.5. The Hall–Kier alpha value is -1.40. The zero-order valence-electron chi connectivity index (χ0n) is 56.7. The topological polar surface area (TPSA) is 95.9 Å². The van der Waals surface area contributed by atoms with Crippen molar-refractivity contribution < 1.29 is 24.5 Å². The summed E-state index contributed by atoms with van der Waals surface area (Å²) in [7, 11) is 0. The van der Waals surface area contributed by atoms with Crippen LogP contribution in [0.25, 0.3) is 0 Å². The summed E-state index contributed by atoms with van der Waals surface area (Å²) in [6.45, 7) is 4.95. The highest BCUT2D eigenvalue weighted by Gasteiger charge is 2.18. The van der Waals surface area contributed by atoms with Gasteiger partial charge in [0.05, 0.1) is 25.4 Å². The molecule has 1 amide bonds. The van der Waals surface area contributed by atoms with E-state index in [1.54, 1.807) is 6.08 Å². The van der Waals surface area contributed by atoms with Crippen molar-refractivity contribution in [3.05, 3.63) is 12.2 Å². The van der Waals surface area contributed by atoms with Gasteiger partial charge in [0, 0.05) is 12.8 Å². The van der Waals surface area contributed by atoms with Crippen molar-refractivity contribution in [2.45, 2.75) is 456 Å². The molecule has 3 N–H and O–H groups in total. The van der Waals surface area contributed by atoms with Gasteiger partial charge in [0.1, 0.15) is 0 Å². The van der Waals surface area contributed by atoms with Crippen LogP contribution in [0.5, 0.6) is 0 Å². The number of carbonyl (C=O) groups is 2. The summed E-state index contributed by atoms with van der Waals surface area (Å²) in [5.41, 5.74) is 0. The minimum atomic E-state index is -0.838. The molecule has 6 nitrogen and oxygen atoms in total. The van der Waals surface area contributed by atoms with Crippen LogP contribution in [0.1, 0.15) is 444 Å². The lowest BCUT2D eigenvalue weighted by Gasteiger charge is -2.20. The van der Waals surface area contributed by atoms with Crippen LogP contribution in [0.4, 0.5) is 0 Å². The molecule has 2 unspecified atom stereocenters. The molecule has 0 spiro atoms. The predicted molar refractivity (Wildman–Crippen MR) is 366 cm³/mol. The SMILES string of the molecule is CCCCCCCCCCCCC/C=C/C(O)C(CO)NC(=O)CCCCCCCCCCCCCCCCCCCCCCCCCCCCCCCCCCCCCCCCCOC(=O)CCCCCCCCCCCCCCCC. The number of hydrogen-bond donors (Lipinski definition) is 3. The quantitative estimate of drug-likeness (QED) is 0.0320. The summed E-state index contributed by atoms with van der Waals surface area (Å²) >= 11 is 0. The molecule has 0 saturated heterocycles. The van der Waals surface area contributed by atoms with E-state index in [2.05, 4.69) is 19.2 Å². The predicted octanol–water partition coefficient (Wildman–Crippen LogP) is 25.1. The molecule has 0 aromatic carbocycles. The molecule has 0 fully saturated rings. The zero-order chi connectivity index (χ0) is 59.9. The maximum absolute atomic E-state index is 12.5. The molecule has 0 aromatic rings. The van der Waals surface area contributed by atoms with E-state index in [0.29, 0.717) is 19.4 Å².